The predicted octanol–water partition coefficient (Wildman–Crippen LogP) is 5.24. The number of nitrogens with one attached hydrogen (secondary N) is 1. The summed E-state index contributed by atoms with van der Waals surface area (Å²) in [4.78, 5) is 12.2. The SMILES string of the molecule is COc1ccc(OC)c(/C=N/NC(=O)CSc2nnc(SCc3cccc4ccccc34)s2)c1. The number of rotatable bonds is 10. The van der Waals surface area contributed by atoms with Gasteiger partial charge in [-0.15, -0.1) is 10.2 Å². The molecule has 1 heterocycles. The van der Waals surface area contributed by atoms with Crippen LogP contribution in [0.15, 0.2) is 74.4 Å². The van der Waals surface area contributed by atoms with E-state index >= 15 is 0 Å². The van der Waals surface area contributed by atoms with Gasteiger partial charge in [0.05, 0.1) is 26.2 Å². The van der Waals surface area contributed by atoms with E-state index in [1.807, 2.05) is 6.07 Å². The summed E-state index contributed by atoms with van der Waals surface area (Å²) in [6, 6.07) is 20.0. The molecule has 1 aromatic heterocycles. The van der Waals surface area contributed by atoms with Gasteiger partial charge in [-0.05, 0) is 34.5 Å². The molecule has 34 heavy (non-hydrogen) atoms. The molecule has 4 aromatic rings. The third kappa shape index (κ3) is 6.28. The maximum Gasteiger partial charge on any atom is 0.250 e. The van der Waals surface area contributed by atoms with Gasteiger partial charge >= 0.3 is 0 Å². The van der Waals surface area contributed by atoms with Gasteiger partial charge in [-0.2, -0.15) is 5.10 Å². The number of nitrogens with zero attached hydrogens (tertiary/aromatic N) is 3. The number of hydrogen-bond donors (Lipinski definition) is 1. The third-order valence-electron chi connectivity index (χ3n) is 4.78. The van der Waals surface area contributed by atoms with E-state index in [2.05, 4.69) is 57.1 Å². The number of thioether (sulfide) groups is 2. The van der Waals surface area contributed by atoms with Crippen molar-refractivity contribution >= 4 is 57.8 Å². The van der Waals surface area contributed by atoms with Gasteiger partial charge in [0.15, 0.2) is 8.68 Å². The van der Waals surface area contributed by atoms with Crippen molar-refractivity contribution in [3.8, 4) is 11.5 Å². The number of amides is 1. The molecule has 174 valence electrons. The maximum absolute atomic E-state index is 12.2. The van der Waals surface area contributed by atoms with Crippen LogP contribution in [-0.2, 0) is 10.5 Å². The van der Waals surface area contributed by atoms with Crippen LogP contribution in [0.2, 0.25) is 0 Å². The minimum atomic E-state index is -0.233. The highest BCUT2D eigenvalue weighted by molar-refractivity contribution is 8.03. The van der Waals surface area contributed by atoms with Crippen LogP contribution in [0.25, 0.3) is 10.8 Å². The first-order valence-electron chi connectivity index (χ1n) is 10.3. The molecule has 0 bridgehead atoms. The van der Waals surface area contributed by atoms with E-state index in [9.17, 15) is 4.79 Å². The highest BCUT2D eigenvalue weighted by Gasteiger charge is 2.10. The normalized spacial score (nSPS) is 11.1. The summed E-state index contributed by atoms with van der Waals surface area (Å²) in [6.45, 7) is 0. The zero-order valence-corrected chi connectivity index (χ0v) is 21.0. The summed E-state index contributed by atoms with van der Waals surface area (Å²) in [6.07, 6.45) is 1.52. The van der Waals surface area contributed by atoms with E-state index in [1.165, 1.54) is 45.6 Å². The van der Waals surface area contributed by atoms with Crippen molar-refractivity contribution in [3.05, 3.63) is 71.8 Å². The fraction of sp³-hybridized carbons (Fsp3) is 0.167. The molecule has 0 spiro atoms. The van der Waals surface area contributed by atoms with Crippen molar-refractivity contribution in [1.29, 1.82) is 0 Å². The summed E-state index contributed by atoms with van der Waals surface area (Å²) >= 11 is 4.47. The molecule has 0 aliphatic rings. The van der Waals surface area contributed by atoms with Gasteiger partial charge in [-0.25, -0.2) is 5.43 Å². The van der Waals surface area contributed by atoms with Crippen LogP contribution < -0.4 is 14.9 Å². The average Bonchev–Trinajstić information content (AvgIpc) is 3.34. The highest BCUT2D eigenvalue weighted by Crippen LogP contribution is 2.32. The number of carbonyl (C=O) groups is 1. The second kappa shape index (κ2) is 11.9. The molecule has 0 aliphatic carbocycles. The van der Waals surface area contributed by atoms with Crippen molar-refractivity contribution in [2.24, 2.45) is 5.10 Å². The number of hydrogen-bond acceptors (Lipinski definition) is 9. The van der Waals surface area contributed by atoms with Crippen molar-refractivity contribution in [2.45, 2.75) is 14.4 Å². The first kappa shape index (κ1) is 24.1. The van der Waals surface area contributed by atoms with Gasteiger partial charge in [0.2, 0.25) is 0 Å². The molecule has 0 radical (unpaired) electrons. The Morgan fingerprint density at radius 2 is 1.82 bits per heavy atom. The summed E-state index contributed by atoms with van der Waals surface area (Å²) in [5, 5.41) is 14.9. The van der Waals surface area contributed by atoms with Crippen LogP contribution in [0.5, 0.6) is 11.5 Å². The van der Waals surface area contributed by atoms with Gasteiger partial charge < -0.3 is 9.47 Å². The third-order valence-corrected chi connectivity index (χ3v) is 8.01. The fourth-order valence-corrected chi connectivity index (χ4v) is 5.96. The fourth-order valence-electron chi connectivity index (χ4n) is 3.15. The minimum Gasteiger partial charge on any atom is -0.497 e. The lowest BCUT2D eigenvalue weighted by Gasteiger charge is -2.06. The van der Waals surface area contributed by atoms with E-state index in [0.29, 0.717) is 17.1 Å². The standard InChI is InChI=1S/C24H22N4O3S3/c1-30-19-10-11-21(31-2)18(12-19)13-25-26-22(29)15-33-24-28-27-23(34-24)32-14-17-8-5-7-16-6-3-4-9-20(16)17/h3-13H,14-15H2,1-2H3,(H,26,29)/b25-13+. The summed E-state index contributed by atoms with van der Waals surface area (Å²) in [5.41, 5.74) is 4.49. The van der Waals surface area contributed by atoms with Crippen LogP contribution in [0, 0.1) is 0 Å². The second-order valence-corrected chi connectivity index (χ2v) is 10.4. The molecule has 0 saturated carbocycles. The molecule has 0 saturated heterocycles. The second-order valence-electron chi connectivity index (χ2n) is 6.95. The Morgan fingerprint density at radius 1 is 1.03 bits per heavy atom. The maximum atomic E-state index is 12.2. The van der Waals surface area contributed by atoms with E-state index in [0.717, 1.165) is 14.4 Å². The van der Waals surface area contributed by atoms with Crippen molar-refractivity contribution in [1.82, 2.24) is 15.6 Å². The van der Waals surface area contributed by atoms with Gasteiger partial charge in [0.25, 0.3) is 5.91 Å². The Kier molecular flexibility index (Phi) is 8.40. The number of methoxy groups -OCH3 is 2. The van der Waals surface area contributed by atoms with Crippen molar-refractivity contribution < 1.29 is 14.3 Å². The first-order chi connectivity index (χ1) is 16.7. The molecule has 0 fully saturated rings. The Balaban J connectivity index is 1.27. The number of ether oxygens (including phenoxy) is 2. The Hall–Kier alpha value is -3.08. The van der Waals surface area contributed by atoms with Crippen molar-refractivity contribution in [2.75, 3.05) is 20.0 Å². The van der Waals surface area contributed by atoms with Crippen LogP contribution in [-0.4, -0.2) is 42.3 Å². The summed E-state index contributed by atoms with van der Waals surface area (Å²) in [5.74, 6) is 2.08. The zero-order chi connectivity index (χ0) is 23.8. The van der Waals surface area contributed by atoms with Gasteiger partial charge in [0.1, 0.15) is 11.5 Å². The van der Waals surface area contributed by atoms with E-state index in [-0.39, 0.29) is 11.7 Å². The lowest BCUT2D eigenvalue weighted by atomic mass is 10.1. The average molecular weight is 511 g/mol. The number of fused-ring (bicyclic) bond motifs is 1. The van der Waals surface area contributed by atoms with Gasteiger partial charge in [-0.1, -0.05) is 77.3 Å². The smallest absolute Gasteiger partial charge is 0.250 e. The lowest BCUT2D eigenvalue weighted by molar-refractivity contribution is -0.118. The molecule has 3 aromatic carbocycles. The predicted molar refractivity (Wildman–Crippen MR) is 139 cm³/mol. The van der Waals surface area contributed by atoms with E-state index in [1.54, 1.807) is 44.2 Å². The van der Waals surface area contributed by atoms with Crippen LogP contribution in [0.3, 0.4) is 0 Å². The Bertz CT molecular complexity index is 1300. The molecular weight excluding hydrogens is 488 g/mol. The number of aromatic nitrogens is 2. The Morgan fingerprint density at radius 3 is 2.65 bits per heavy atom. The molecule has 0 unspecified atom stereocenters. The number of carbonyl (C=O) groups excluding carboxylic acids is 1. The molecule has 7 nitrogen and oxygen atoms in total. The van der Waals surface area contributed by atoms with Crippen LogP contribution in [0.4, 0.5) is 0 Å². The summed E-state index contributed by atoms with van der Waals surface area (Å²) in [7, 11) is 3.16. The number of hydrazone groups is 1. The van der Waals surface area contributed by atoms with Gasteiger partial charge in [0, 0.05) is 11.3 Å². The zero-order valence-electron chi connectivity index (χ0n) is 18.6. The summed E-state index contributed by atoms with van der Waals surface area (Å²) < 4.78 is 12.1. The van der Waals surface area contributed by atoms with Crippen molar-refractivity contribution in [3.63, 3.8) is 0 Å². The monoisotopic (exact) mass is 510 g/mol. The minimum absolute atomic E-state index is 0.190. The molecule has 10 heteroatoms. The van der Waals surface area contributed by atoms with Crippen LogP contribution in [0.1, 0.15) is 11.1 Å². The molecule has 4 rings (SSSR count). The molecular formula is C24H22N4O3S3. The van der Waals surface area contributed by atoms with Gasteiger partial charge in [-0.3, -0.25) is 4.79 Å². The highest BCUT2D eigenvalue weighted by atomic mass is 32.2. The largest absolute Gasteiger partial charge is 0.497 e. The first-order valence-corrected chi connectivity index (χ1v) is 13.0. The quantitative estimate of drug-likeness (QED) is 0.177. The molecule has 0 atom stereocenters. The van der Waals surface area contributed by atoms with E-state index in [4.69, 9.17) is 9.47 Å². The Labute approximate surface area is 210 Å². The molecule has 1 amide bonds. The topological polar surface area (TPSA) is 85.7 Å². The lowest BCUT2D eigenvalue weighted by Crippen LogP contribution is -2.19. The molecule has 1 N–H and O–H groups in total. The van der Waals surface area contributed by atoms with E-state index < -0.39 is 0 Å². The number of benzene rings is 3. The molecule has 0 aliphatic heterocycles. The van der Waals surface area contributed by atoms with Crippen LogP contribution >= 0.6 is 34.9 Å².